The molecule has 3 unspecified atom stereocenters. The van der Waals surface area contributed by atoms with Crippen LogP contribution in [0.15, 0.2) is 18.2 Å². The maximum absolute atomic E-state index is 13.5. The van der Waals surface area contributed by atoms with E-state index in [1.165, 1.54) is 11.1 Å². The van der Waals surface area contributed by atoms with Crippen molar-refractivity contribution in [2.45, 2.75) is 110 Å². The van der Waals surface area contributed by atoms with Crippen LogP contribution in [-0.4, -0.2) is 31.9 Å². The molecule has 216 valence electrons. The molecule has 10 heteroatoms. The zero-order valence-electron chi connectivity index (χ0n) is 23.2. The molecule has 5 atom stereocenters. The van der Waals surface area contributed by atoms with Crippen LogP contribution in [0.5, 0.6) is 5.75 Å². The van der Waals surface area contributed by atoms with E-state index in [1.807, 2.05) is 6.07 Å². The fourth-order valence-corrected chi connectivity index (χ4v) is 9.09. The van der Waals surface area contributed by atoms with E-state index >= 15 is 0 Å². The first-order valence-electron chi connectivity index (χ1n) is 14.5. The molecule has 3 aliphatic carbocycles. The Labute approximate surface area is 233 Å². The fraction of sp³-hybridized carbons (Fsp3) is 0.786. The van der Waals surface area contributed by atoms with Gasteiger partial charge in [-0.1, -0.05) is 52.5 Å². The number of aryl methyl sites for hydroxylation is 1. The van der Waals surface area contributed by atoms with Gasteiger partial charge in [-0.05, 0) is 97.8 Å². The van der Waals surface area contributed by atoms with Gasteiger partial charge in [0.15, 0.2) is 0 Å². The first-order chi connectivity index (χ1) is 18.3. The Morgan fingerprint density at radius 1 is 1.05 bits per heavy atom. The monoisotopic (exact) mass is 570 g/mol. The number of hydrogen-bond donors (Lipinski definition) is 1. The van der Waals surface area contributed by atoms with Gasteiger partial charge in [0.2, 0.25) is 0 Å². The minimum absolute atomic E-state index is 0.108. The summed E-state index contributed by atoms with van der Waals surface area (Å²) in [5, 5.41) is 0. The lowest BCUT2D eigenvalue weighted by atomic mass is 9.55. The molecule has 3 aliphatic rings. The first kappa shape index (κ1) is 30.1. The molecule has 0 saturated heterocycles. The van der Waals surface area contributed by atoms with Crippen molar-refractivity contribution in [1.82, 2.24) is 4.31 Å². The Hall–Kier alpha value is -0.880. The third-order valence-corrected chi connectivity index (χ3v) is 11.3. The van der Waals surface area contributed by atoms with Crippen molar-refractivity contribution in [1.29, 1.82) is 0 Å². The van der Waals surface area contributed by atoms with Crippen molar-refractivity contribution in [2.24, 2.45) is 23.1 Å². The minimum atomic E-state index is -3.76. The van der Waals surface area contributed by atoms with Crippen LogP contribution in [0, 0.1) is 17.3 Å². The zero-order valence-corrected chi connectivity index (χ0v) is 24.9. The standard InChI is InChI=1S/C28H46N2O6S2/c1-4-6-8-18-30(19-9-7-5-2)38(31,32)34-27-15-14-26-25-12-10-21-20-22(33-37-36-35-29)11-13-23(21)24(25)16-17-28(26,27)3/h11,13,20,24-27H,4-10,12,14-19,29H2,1-3H3/t24?,25?,26?,27-,28+/m1/s1. The molecule has 0 bridgehead atoms. The van der Waals surface area contributed by atoms with E-state index in [0.29, 0.717) is 48.9 Å². The van der Waals surface area contributed by atoms with E-state index in [-0.39, 0.29) is 11.5 Å². The Balaban J connectivity index is 1.44. The van der Waals surface area contributed by atoms with Gasteiger partial charge in [0.25, 0.3) is 12.3 Å². The second-order valence-corrected chi connectivity index (χ2v) is 13.6. The maximum atomic E-state index is 13.5. The summed E-state index contributed by atoms with van der Waals surface area (Å²) >= 11 is 0.695. The number of nitrogens with two attached hydrogens (primary N) is 1. The van der Waals surface area contributed by atoms with E-state index in [1.54, 1.807) is 4.31 Å². The molecule has 8 nitrogen and oxygen atoms in total. The SMILES string of the molecule is CCCCCN(CCCCC)S(=O)(=O)O[C@@H]1CCC2C3CCc4cc(OSOON)ccc4C3CC[C@@]21C. The van der Waals surface area contributed by atoms with E-state index < -0.39 is 10.3 Å². The number of unbranched alkanes of at least 4 members (excludes halogenated alkanes) is 4. The second-order valence-electron chi connectivity index (χ2n) is 11.6. The maximum Gasteiger partial charge on any atom is 0.338 e. The third kappa shape index (κ3) is 6.70. The Morgan fingerprint density at radius 3 is 2.47 bits per heavy atom. The summed E-state index contributed by atoms with van der Waals surface area (Å²) in [4.78, 5) is 4.08. The lowest BCUT2D eigenvalue weighted by molar-refractivity contribution is -0.199. The molecule has 0 amide bonds. The van der Waals surface area contributed by atoms with Crippen LogP contribution in [-0.2, 0) is 30.2 Å². The van der Waals surface area contributed by atoms with Crippen LogP contribution in [0.1, 0.15) is 108 Å². The second kappa shape index (κ2) is 13.7. The Kier molecular flexibility index (Phi) is 10.8. The number of hydrogen-bond acceptors (Lipinski definition) is 8. The molecule has 0 heterocycles. The molecule has 2 saturated carbocycles. The summed E-state index contributed by atoms with van der Waals surface area (Å²) in [6.07, 6.45) is 11.8. The van der Waals surface area contributed by atoms with Crippen LogP contribution < -0.4 is 10.1 Å². The molecule has 0 aromatic heterocycles. The number of nitrogens with zero attached hydrogens (tertiary/aromatic N) is 1. The van der Waals surface area contributed by atoms with Gasteiger partial charge in [-0.25, -0.2) is 0 Å². The number of benzene rings is 1. The average molecular weight is 571 g/mol. The van der Waals surface area contributed by atoms with Crippen molar-refractivity contribution in [3.8, 4) is 5.75 Å². The predicted molar refractivity (Wildman–Crippen MR) is 150 cm³/mol. The zero-order chi connectivity index (χ0) is 27.2. The number of fused-ring (bicyclic) bond motifs is 5. The van der Waals surface area contributed by atoms with Crippen molar-refractivity contribution < 1.29 is 26.1 Å². The van der Waals surface area contributed by atoms with Gasteiger partial charge < -0.3 is 4.18 Å². The van der Waals surface area contributed by atoms with Gasteiger partial charge in [-0.3, -0.25) is 4.18 Å². The first-order valence-corrected chi connectivity index (χ1v) is 16.5. The highest BCUT2D eigenvalue weighted by atomic mass is 32.2. The van der Waals surface area contributed by atoms with E-state index in [4.69, 9.17) is 14.3 Å². The highest BCUT2D eigenvalue weighted by Gasteiger charge is 2.56. The summed E-state index contributed by atoms with van der Waals surface area (Å²) in [5.41, 5.74) is 2.63. The van der Waals surface area contributed by atoms with Gasteiger partial charge in [0.1, 0.15) is 5.75 Å². The van der Waals surface area contributed by atoms with Crippen molar-refractivity contribution >= 4 is 22.6 Å². The van der Waals surface area contributed by atoms with Gasteiger partial charge in [-0.15, -0.1) is 9.32 Å². The Bertz CT molecular complexity index is 999. The van der Waals surface area contributed by atoms with Crippen LogP contribution in [0.25, 0.3) is 0 Å². The normalized spacial score (nSPS) is 28.7. The largest absolute Gasteiger partial charge is 0.399 e. The molecule has 2 N–H and O–H groups in total. The highest BCUT2D eigenvalue weighted by Crippen LogP contribution is 2.61. The fourth-order valence-electron chi connectivity index (χ4n) is 7.41. The van der Waals surface area contributed by atoms with Crippen molar-refractivity contribution in [3.05, 3.63) is 29.3 Å². The molecule has 2 fully saturated rings. The summed E-state index contributed by atoms with van der Waals surface area (Å²) in [6, 6.07) is 6.25. The van der Waals surface area contributed by atoms with Gasteiger partial charge in [0.05, 0.1) is 6.10 Å². The molecular formula is C28H46N2O6S2. The van der Waals surface area contributed by atoms with Gasteiger partial charge >= 0.3 is 10.3 Å². The van der Waals surface area contributed by atoms with E-state index in [0.717, 1.165) is 77.0 Å². The summed E-state index contributed by atoms with van der Waals surface area (Å²) in [7, 11) is -3.76. The minimum Gasteiger partial charge on any atom is -0.399 e. The van der Waals surface area contributed by atoms with Crippen molar-refractivity contribution in [2.75, 3.05) is 13.1 Å². The quantitative estimate of drug-likeness (QED) is 0.109. The lowest BCUT2D eigenvalue weighted by Gasteiger charge is -2.50. The van der Waals surface area contributed by atoms with Crippen LogP contribution in [0.4, 0.5) is 0 Å². The van der Waals surface area contributed by atoms with Crippen LogP contribution in [0.3, 0.4) is 0 Å². The summed E-state index contributed by atoms with van der Waals surface area (Å²) < 4.78 is 44.9. The van der Waals surface area contributed by atoms with Gasteiger partial charge in [0, 0.05) is 13.1 Å². The molecule has 4 rings (SSSR count). The molecule has 1 aromatic carbocycles. The Morgan fingerprint density at radius 2 is 1.79 bits per heavy atom. The third-order valence-electron chi connectivity index (χ3n) is 9.38. The molecular weight excluding hydrogens is 524 g/mol. The number of rotatable bonds is 15. The molecule has 0 spiro atoms. The average Bonchev–Trinajstić information content (AvgIpc) is 3.23. The van der Waals surface area contributed by atoms with E-state index in [9.17, 15) is 8.42 Å². The van der Waals surface area contributed by atoms with Crippen molar-refractivity contribution in [3.63, 3.8) is 0 Å². The van der Waals surface area contributed by atoms with Crippen LogP contribution >= 0.6 is 12.3 Å². The molecule has 0 aliphatic heterocycles. The smallest absolute Gasteiger partial charge is 0.338 e. The molecule has 1 aromatic rings. The summed E-state index contributed by atoms with van der Waals surface area (Å²) in [6.45, 7) is 7.70. The topological polar surface area (TPSA) is 100 Å². The highest BCUT2D eigenvalue weighted by molar-refractivity contribution is 7.90. The van der Waals surface area contributed by atoms with Gasteiger partial charge in [-0.2, -0.15) is 18.6 Å². The molecule has 38 heavy (non-hydrogen) atoms. The molecule has 0 radical (unpaired) electrons. The lowest BCUT2D eigenvalue weighted by Crippen LogP contribution is -2.46. The summed E-state index contributed by atoms with van der Waals surface area (Å²) in [5.74, 6) is 7.11. The van der Waals surface area contributed by atoms with E-state index in [2.05, 4.69) is 42.2 Å². The van der Waals surface area contributed by atoms with Crippen LogP contribution in [0.2, 0.25) is 0 Å². The predicted octanol–water partition coefficient (Wildman–Crippen LogP) is 6.62.